The summed E-state index contributed by atoms with van der Waals surface area (Å²) in [5.74, 6) is -0.146. The minimum absolute atomic E-state index is 0.0558. The number of benzene rings is 1. The van der Waals surface area contributed by atoms with Gasteiger partial charge in [0.15, 0.2) is 0 Å². The second-order valence-corrected chi connectivity index (χ2v) is 13.7. The van der Waals surface area contributed by atoms with Gasteiger partial charge in [0.1, 0.15) is 0 Å². The van der Waals surface area contributed by atoms with Gasteiger partial charge in [0.05, 0.1) is 32.8 Å². The van der Waals surface area contributed by atoms with Crippen molar-refractivity contribution in [1.82, 2.24) is 0 Å². The second-order valence-electron chi connectivity index (χ2n) is 8.59. The van der Waals surface area contributed by atoms with Crippen LogP contribution in [0.25, 0.3) is 0 Å². The molecule has 0 spiro atoms. The number of hydrogen-bond donors (Lipinski definition) is 0. The van der Waals surface area contributed by atoms with Crippen LogP contribution in [0.15, 0.2) is 42.1 Å². The molecule has 140 valence electrons. The third kappa shape index (κ3) is 10.2. The summed E-state index contributed by atoms with van der Waals surface area (Å²) in [5, 5.41) is 0. The molecule has 0 heterocycles. The summed E-state index contributed by atoms with van der Waals surface area (Å²) in [4.78, 5) is 11.8. The highest BCUT2D eigenvalue weighted by atomic mass is 28.3. The maximum Gasteiger partial charge on any atom is 0.311 e. The third-order valence-electron chi connectivity index (χ3n) is 3.60. The van der Waals surface area contributed by atoms with Crippen LogP contribution in [0.3, 0.4) is 0 Å². The van der Waals surface area contributed by atoms with Crippen LogP contribution in [-0.2, 0) is 20.9 Å². The molecule has 1 atom stereocenters. The van der Waals surface area contributed by atoms with Crippen molar-refractivity contribution in [2.24, 2.45) is 5.41 Å². The van der Waals surface area contributed by atoms with E-state index in [1.165, 1.54) is 5.56 Å². The van der Waals surface area contributed by atoms with Crippen molar-refractivity contribution in [3.8, 4) is 0 Å². The smallest absolute Gasteiger partial charge is 0.311 e. The lowest BCUT2D eigenvalue weighted by Gasteiger charge is -2.19. The van der Waals surface area contributed by atoms with Crippen LogP contribution in [0, 0.1) is 5.41 Å². The highest BCUT2D eigenvalue weighted by Gasteiger charge is 2.22. The number of carbonyl (C=O) groups is 1. The summed E-state index contributed by atoms with van der Waals surface area (Å²) < 4.78 is 11.4. The summed E-state index contributed by atoms with van der Waals surface area (Å²) in [6.07, 6.45) is 3.91. The first kappa shape index (κ1) is 21.6. The van der Waals surface area contributed by atoms with E-state index in [1.807, 2.05) is 39.0 Å². The minimum Gasteiger partial charge on any atom is -0.465 e. The predicted molar refractivity (Wildman–Crippen MR) is 107 cm³/mol. The Morgan fingerprint density at radius 1 is 1.16 bits per heavy atom. The molecule has 0 fully saturated rings. The first-order chi connectivity index (χ1) is 11.6. The molecule has 1 aromatic carbocycles. The van der Waals surface area contributed by atoms with Crippen LogP contribution in [-0.4, -0.2) is 26.8 Å². The molecular formula is C21H34O3Si. The molecule has 0 amide bonds. The second kappa shape index (κ2) is 9.93. The molecule has 0 aromatic heterocycles. The Hall–Kier alpha value is -1.39. The molecule has 0 saturated heterocycles. The molecule has 1 aromatic rings. The first-order valence-electron chi connectivity index (χ1n) is 9.10. The van der Waals surface area contributed by atoms with Crippen LogP contribution in [0.2, 0.25) is 19.6 Å². The van der Waals surface area contributed by atoms with Gasteiger partial charge in [-0.1, -0.05) is 61.7 Å². The van der Waals surface area contributed by atoms with Crippen LogP contribution in [0.5, 0.6) is 0 Å². The molecule has 0 aliphatic heterocycles. The number of carbonyl (C=O) groups excluding carboxylic acids is 1. The highest BCUT2D eigenvalue weighted by Crippen LogP contribution is 2.16. The zero-order valence-corrected chi connectivity index (χ0v) is 17.7. The van der Waals surface area contributed by atoms with Gasteiger partial charge in [-0.3, -0.25) is 4.79 Å². The van der Waals surface area contributed by atoms with Crippen molar-refractivity contribution in [3.05, 3.63) is 47.7 Å². The molecule has 4 heteroatoms. The molecular weight excluding hydrogens is 328 g/mol. The van der Waals surface area contributed by atoms with Crippen molar-refractivity contribution in [2.45, 2.75) is 66.0 Å². The molecule has 0 aliphatic rings. The first-order valence-corrected chi connectivity index (χ1v) is 12.7. The van der Waals surface area contributed by atoms with Gasteiger partial charge in [0.2, 0.25) is 0 Å². The van der Waals surface area contributed by atoms with Gasteiger partial charge in [-0.05, 0) is 39.2 Å². The molecule has 0 unspecified atom stereocenters. The van der Waals surface area contributed by atoms with Crippen LogP contribution in [0.1, 0.15) is 39.2 Å². The van der Waals surface area contributed by atoms with Gasteiger partial charge in [0, 0.05) is 0 Å². The predicted octanol–water partition coefficient (Wildman–Crippen LogP) is 5.37. The standard InChI is InChI=1S/C21H34O3Si/c1-21(2,3)20(22)23-15-10-13-19(14-16-25(4,5)6)24-17-18-11-8-7-9-12-18/h7-9,11-12,14,16,19H,10,13,15,17H2,1-6H3/b16-14+/t19-/m0/s1. The summed E-state index contributed by atoms with van der Waals surface area (Å²) in [6.45, 7) is 13.6. The molecule has 0 bridgehead atoms. The third-order valence-corrected chi connectivity index (χ3v) is 4.79. The van der Waals surface area contributed by atoms with E-state index in [9.17, 15) is 4.79 Å². The maximum absolute atomic E-state index is 11.8. The fraction of sp³-hybridized carbons (Fsp3) is 0.571. The highest BCUT2D eigenvalue weighted by molar-refractivity contribution is 6.80. The van der Waals surface area contributed by atoms with Crippen molar-refractivity contribution in [3.63, 3.8) is 0 Å². The van der Waals surface area contributed by atoms with E-state index in [4.69, 9.17) is 9.47 Å². The zero-order valence-electron chi connectivity index (χ0n) is 16.7. The van der Waals surface area contributed by atoms with Gasteiger partial charge >= 0.3 is 5.97 Å². The molecule has 0 N–H and O–H groups in total. The number of rotatable bonds is 9. The van der Waals surface area contributed by atoms with E-state index in [0.29, 0.717) is 13.2 Å². The van der Waals surface area contributed by atoms with E-state index >= 15 is 0 Å². The van der Waals surface area contributed by atoms with E-state index in [2.05, 4.69) is 43.5 Å². The van der Waals surface area contributed by atoms with Gasteiger partial charge in [-0.15, -0.1) is 0 Å². The van der Waals surface area contributed by atoms with E-state index < -0.39 is 13.5 Å². The lowest BCUT2D eigenvalue weighted by Crippen LogP contribution is -2.24. The minimum atomic E-state index is -1.26. The average Bonchev–Trinajstić information content (AvgIpc) is 2.52. The quantitative estimate of drug-likeness (QED) is 0.336. The fourth-order valence-electron chi connectivity index (χ4n) is 2.07. The van der Waals surface area contributed by atoms with E-state index in [1.54, 1.807) is 0 Å². The van der Waals surface area contributed by atoms with Crippen LogP contribution in [0.4, 0.5) is 0 Å². The average molecular weight is 363 g/mol. The van der Waals surface area contributed by atoms with Crippen molar-refractivity contribution >= 4 is 14.0 Å². The lowest BCUT2D eigenvalue weighted by atomic mass is 9.97. The fourth-order valence-corrected chi connectivity index (χ4v) is 2.87. The Bertz CT molecular complexity index is 538. The van der Waals surface area contributed by atoms with Crippen LogP contribution < -0.4 is 0 Å². The molecule has 1 rings (SSSR count). The Kier molecular flexibility index (Phi) is 8.60. The van der Waals surface area contributed by atoms with Gasteiger partial charge in [-0.2, -0.15) is 0 Å². The SMILES string of the molecule is CC(C)(C)C(=O)OCCC[C@@H](/C=C/[Si](C)(C)C)OCc1ccccc1. The Balaban J connectivity index is 2.50. The maximum atomic E-state index is 11.8. The lowest BCUT2D eigenvalue weighted by molar-refractivity contribution is -0.153. The number of ether oxygens (including phenoxy) is 2. The summed E-state index contributed by atoms with van der Waals surface area (Å²) in [7, 11) is -1.26. The van der Waals surface area contributed by atoms with Gasteiger partial charge in [0.25, 0.3) is 0 Å². The van der Waals surface area contributed by atoms with E-state index in [0.717, 1.165) is 12.8 Å². The number of esters is 1. The van der Waals surface area contributed by atoms with Crippen molar-refractivity contribution in [1.29, 1.82) is 0 Å². The molecule has 0 saturated carbocycles. The molecule has 3 nitrogen and oxygen atoms in total. The largest absolute Gasteiger partial charge is 0.465 e. The Morgan fingerprint density at radius 3 is 2.36 bits per heavy atom. The van der Waals surface area contributed by atoms with E-state index in [-0.39, 0.29) is 12.1 Å². The van der Waals surface area contributed by atoms with Crippen LogP contribution >= 0.6 is 0 Å². The monoisotopic (exact) mass is 362 g/mol. The topological polar surface area (TPSA) is 35.5 Å². The van der Waals surface area contributed by atoms with Gasteiger partial charge < -0.3 is 9.47 Å². The van der Waals surface area contributed by atoms with Crippen molar-refractivity contribution < 1.29 is 14.3 Å². The molecule has 25 heavy (non-hydrogen) atoms. The normalized spacial score (nSPS) is 13.8. The Morgan fingerprint density at radius 2 is 1.80 bits per heavy atom. The molecule has 0 radical (unpaired) electrons. The van der Waals surface area contributed by atoms with Crippen molar-refractivity contribution in [2.75, 3.05) is 6.61 Å². The summed E-state index contributed by atoms with van der Waals surface area (Å²) in [6, 6.07) is 10.2. The van der Waals surface area contributed by atoms with Gasteiger partial charge in [-0.25, -0.2) is 0 Å². The summed E-state index contributed by atoms with van der Waals surface area (Å²) in [5.41, 5.74) is 3.05. The Labute approximate surface area is 154 Å². The number of hydrogen-bond acceptors (Lipinski definition) is 3. The molecule has 0 aliphatic carbocycles. The summed E-state index contributed by atoms with van der Waals surface area (Å²) >= 11 is 0. The zero-order chi connectivity index (χ0) is 18.9.